The molecule has 0 aliphatic carbocycles. The molecule has 2 amide bonds. The largest absolute Gasteiger partial charge is 0.455 e. The van der Waals surface area contributed by atoms with Crippen LogP contribution in [0.2, 0.25) is 0 Å². The summed E-state index contributed by atoms with van der Waals surface area (Å²) in [6.45, 7) is 2.09. The Morgan fingerprint density at radius 1 is 1.25 bits per heavy atom. The van der Waals surface area contributed by atoms with Crippen LogP contribution in [0.3, 0.4) is 0 Å². The van der Waals surface area contributed by atoms with E-state index >= 15 is 0 Å². The van der Waals surface area contributed by atoms with Gasteiger partial charge in [-0.05, 0) is 37.8 Å². The quantitative estimate of drug-likeness (QED) is 0.678. The number of aryl methyl sites for hydroxylation is 2. The number of nitrogens with zero attached hydrogens (tertiary/aromatic N) is 2. The van der Waals surface area contributed by atoms with Crippen LogP contribution in [0, 0.1) is 6.92 Å². The standard InChI is InChI=1S/C17H22N4O3/c1-12-7-14(11-19-9-12)24-15-8-16(21-17(23)18-2)20-10-13(15)5-3-4-6-22/h7-11,22H,3-6H2,1-2H3,(H2,18,20,21,23). The minimum Gasteiger partial charge on any atom is -0.455 e. The van der Waals surface area contributed by atoms with Crippen molar-refractivity contribution >= 4 is 11.8 Å². The lowest BCUT2D eigenvalue weighted by Crippen LogP contribution is -2.25. The first-order valence-corrected chi connectivity index (χ1v) is 7.80. The fraction of sp³-hybridized carbons (Fsp3) is 0.353. The zero-order valence-corrected chi connectivity index (χ0v) is 13.9. The highest BCUT2D eigenvalue weighted by molar-refractivity contribution is 5.88. The fourth-order valence-electron chi connectivity index (χ4n) is 2.13. The van der Waals surface area contributed by atoms with Crippen LogP contribution in [0.4, 0.5) is 10.6 Å². The number of aliphatic hydroxyl groups excluding tert-OH is 1. The van der Waals surface area contributed by atoms with Crippen LogP contribution in [0.25, 0.3) is 0 Å². The maximum Gasteiger partial charge on any atom is 0.320 e. The molecule has 128 valence electrons. The second-order valence-electron chi connectivity index (χ2n) is 5.36. The van der Waals surface area contributed by atoms with Crippen molar-refractivity contribution in [2.45, 2.75) is 26.2 Å². The molecule has 7 nitrogen and oxygen atoms in total. The molecule has 0 aliphatic heterocycles. The van der Waals surface area contributed by atoms with Gasteiger partial charge in [-0.15, -0.1) is 0 Å². The van der Waals surface area contributed by atoms with Crippen LogP contribution in [0.1, 0.15) is 24.0 Å². The number of rotatable bonds is 7. The van der Waals surface area contributed by atoms with E-state index in [-0.39, 0.29) is 12.6 Å². The maximum atomic E-state index is 11.5. The molecule has 2 heterocycles. The molecule has 0 aromatic carbocycles. The lowest BCUT2D eigenvalue weighted by atomic mass is 10.1. The normalized spacial score (nSPS) is 10.3. The second-order valence-corrected chi connectivity index (χ2v) is 5.36. The van der Waals surface area contributed by atoms with Crippen LogP contribution < -0.4 is 15.4 Å². The molecule has 0 saturated carbocycles. The number of carbonyl (C=O) groups excluding carboxylic acids is 1. The summed E-state index contributed by atoms with van der Waals surface area (Å²) in [5.41, 5.74) is 1.90. The van der Waals surface area contributed by atoms with Gasteiger partial charge in [0, 0.05) is 37.7 Å². The number of amides is 2. The van der Waals surface area contributed by atoms with Crippen LogP contribution in [-0.2, 0) is 6.42 Å². The number of carbonyl (C=O) groups is 1. The zero-order chi connectivity index (χ0) is 17.4. The summed E-state index contributed by atoms with van der Waals surface area (Å²) < 4.78 is 5.94. The van der Waals surface area contributed by atoms with Gasteiger partial charge in [0.05, 0.1) is 6.20 Å². The van der Waals surface area contributed by atoms with Gasteiger partial charge in [0.25, 0.3) is 0 Å². The molecule has 7 heteroatoms. The van der Waals surface area contributed by atoms with E-state index in [4.69, 9.17) is 9.84 Å². The number of aliphatic hydroxyl groups is 1. The van der Waals surface area contributed by atoms with E-state index in [2.05, 4.69) is 20.6 Å². The van der Waals surface area contributed by atoms with Crippen molar-refractivity contribution in [3.05, 3.63) is 41.9 Å². The minimum absolute atomic E-state index is 0.154. The fourth-order valence-corrected chi connectivity index (χ4v) is 2.13. The first-order chi connectivity index (χ1) is 11.6. The van der Waals surface area contributed by atoms with Gasteiger partial charge in [-0.25, -0.2) is 9.78 Å². The highest BCUT2D eigenvalue weighted by Gasteiger charge is 2.10. The average Bonchev–Trinajstić information content (AvgIpc) is 2.57. The molecular weight excluding hydrogens is 308 g/mol. The van der Waals surface area contributed by atoms with Crippen molar-refractivity contribution in [1.29, 1.82) is 0 Å². The molecule has 0 unspecified atom stereocenters. The van der Waals surface area contributed by atoms with Crippen LogP contribution in [-0.4, -0.2) is 34.8 Å². The predicted octanol–water partition coefficient (Wildman–Crippen LogP) is 2.64. The van der Waals surface area contributed by atoms with Gasteiger partial charge in [-0.3, -0.25) is 10.3 Å². The van der Waals surface area contributed by atoms with E-state index in [1.54, 1.807) is 24.7 Å². The summed E-state index contributed by atoms with van der Waals surface area (Å²) in [5.74, 6) is 1.63. The Balaban J connectivity index is 2.24. The molecule has 2 rings (SSSR count). The molecular formula is C17H22N4O3. The van der Waals surface area contributed by atoms with Gasteiger partial charge in [0.15, 0.2) is 0 Å². The average molecular weight is 330 g/mol. The number of urea groups is 1. The smallest absolute Gasteiger partial charge is 0.320 e. The third kappa shape index (κ3) is 5.20. The van der Waals surface area contributed by atoms with Crippen LogP contribution in [0.15, 0.2) is 30.7 Å². The zero-order valence-electron chi connectivity index (χ0n) is 13.9. The second kappa shape index (κ2) is 8.83. The Morgan fingerprint density at radius 3 is 2.79 bits per heavy atom. The summed E-state index contributed by atoms with van der Waals surface area (Å²) in [6.07, 6.45) is 7.33. The van der Waals surface area contributed by atoms with Crippen molar-refractivity contribution in [3.8, 4) is 11.5 Å². The summed E-state index contributed by atoms with van der Waals surface area (Å²) >= 11 is 0. The molecule has 3 N–H and O–H groups in total. The summed E-state index contributed by atoms with van der Waals surface area (Å²) in [4.78, 5) is 19.8. The maximum absolute atomic E-state index is 11.5. The molecule has 0 aliphatic rings. The van der Waals surface area contributed by atoms with E-state index in [1.807, 2.05) is 13.0 Å². The summed E-state index contributed by atoms with van der Waals surface area (Å²) in [6, 6.07) is 3.22. The Labute approximate surface area is 141 Å². The van der Waals surface area contributed by atoms with Crippen LogP contribution >= 0.6 is 0 Å². The molecule has 24 heavy (non-hydrogen) atoms. The molecule has 0 spiro atoms. The Morgan fingerprint density at radius 2 is 2.08 bits per heavy atom. The minimum atomic E-state index is -0.348. The molecule has 0 fully saturated rings. The highest BCUT2D eigenvalue weighted by Crippen LogP contribution is 2.28. The number of ether oxygens (including phenoxy) is 1. The van der Waals surface area contributed by atoms with Gasteiger partial charge in [-0.2, -0.15) is 0 Å². The van der Waals surface area contributed by atoms with E-state index in [9.17, 15) is 4.79 Å². The van der Waals surface area contributed by atoms with E-state index in [1.165, 1.54) is 7.05 Å². The van der Waals surface area contributed by atoms with Crippen LogP contribution in [0.5, 0.6) is 11.5 Å². The van der Waals surface area contributed by atoms with Crippen molar-refractivity contribution in [3.63, 3.8) is 0 Å². The topological polar surface area (TPSA) is 96.4 Å². The molecule has 0 radical (unpaired) electrons. The lowest BCUT2D eigenvalue weighted by molar-refractivity contribution is 0.254. The molecule has 2 aromatic heterocycles. The predicted molar refractivity (Wildman–Crippen MR) is 91.4 cm³/mol. The lowest BCUT2D eigenvalue weighted by Gasteiger charge is -2.13. The first kappa shape index (κ1) is 17.7. The van der Waals surface area contributed by atoms with Crippen molar-refractivity contribution in [1.82, 2.24) is 15.3 Å². The number of nitrogens with one attached hydrogen (secondary N) is 2. The Hall–Kier alpha value is -2.67. The Bertz CT molecular complexity index is 691. The van der Waals surface area contributed by atoms with E-state index in [0.29, 0.717) is 23.7 Å². The van der Waals surface area contributed by atoms with Gasteiger partial charge in [-0.1, -0.05) is 0 Å². The molecule has 0 bridgehead atoms. The number of hydrogen-bond acceptors (Lipinski definition) is 5. The molecule has 0 saturated heterocycles. The Kier molecular flexibility index (Phi) is 6.51. The number of anilines is 1. The number of unbranched alkanes of at least 4 members (excludes halogenated alkanes) is 1. The summed E-state index contributed by atoms with van der Waals surface area (Å²) in [7, 11) is 1.54. The SMILES string of the molecule is CNC(=O)Nc1cc(Oc2cncc(C)c2)c(CCCCO)cn1. The van der Waals surface area contributed by atoms with E-state index < -0.39 is 0 Å². The van der Waals surface area contributed by atoms with Gasteiger partial charge in [0.2, 0.25) is 0 Å². The third-order valence-electron chi connectivity index (χ3n) is 3.34. The van der Waals surface area contributed by atoms with Gasteiger partial charge < -0.3 is 15.2 Å². The monoisotopic (exact) mass is 330 g/mol. The van der Waals surface area contributed by atoms with Gasteiger partial charge in [0.1, 0.15) is 17.3 Å². The van der Waals surface area contributed by atoms with Gasteiger partial charge >= 0.3 is 6.03 Å². The highest BCUT2D eigenvalue weighted by atomic mass is 16.5. The summed E-state index contributed by atoms with van der Waals surface area (Å²) in [5, 5.41) is 14.0. The number of pyridine rings is 2. The van der Waals surface area contributed by atoms with E-state index in [0.717, 1.165) is 24.0 Å². The van der Waals surface area contributed by atoms with Crippen molar-refractivity contribution in [2.24, 2.45) is 0 Å². The van der Waals surface area contributed by atoms with Crippen molar-refractivity contribution < 1.29 is 14.6 Å². The first-order valence-electron chi connectivity index (χ1n) is 7.80. The molecule has 0 atom stereocenters. The number of aromatic nitrogens is 2. The number of hydrogen-bond donors (Lipinski definition) is 3. The molecule has 2 aromatic rings. The third-order valence-corrected chi connectivity index (χ3v) is 3.34. The van der Waals surface area contributed by atoms with Crippen molar-refractivity contribution in [2.75, 3.05) is 19.0 Å².